The van der Waals surface area contributed by atoms with Crippen molar-refractivity contribution in [1.82, 2.24) is 9.97 Å². The molecule has 2 heterocycles. The molecule has 3 rings (SSSR count). The molecule has 3 aromatic rings. The quantitative estimate of drug-likeness (QED) is 0.758. The predicted octanol–water partition coefficient (Wildman–Crippen LogP) is 3.51. The van der Waals surface area contributed by atoms with Crippen molar-refractivity contribution in [3.8, 4) is 5.88 Å². The van der Waals surface area contributed by atoms with Crippen molar-refractivity contribution in [3.63, 3.8) is 0 Å². The number of pyridine rings is 2. The van der Waals surface area contributed by atoms with Crippen LogP contribution >= 0.6 is 15.9 Å². The summed E-state index contributed by atoms with van der Waals surface area (Å²) in [5, 5.41) is 10.2. The lowest BCUT2D eigenvalue weighted by molar-refractivity contribution is 0.277. The van der Waals surface area contributed by atoms with Crippen molar-refractivity contribution in [2.75, 3.05) is 6.61 Å². The van der Waals surface area contributed by atoms with E-state index in [2.05, 4.69) is 38.0 Å². The Morgan fingerprint density at radius 1 is 1.05 bits per heavy atom. The molecule has 0 aliphatic heterocycles. The van der Waals surface area contributed by atoms with Gasteiger partial charge in [-0.05, 0) is 41.5 Å². The Bertz CT molecular complexity index is 792. The zero-order valence-corrected chi connectivity index (χ0v) is 13.5. The van der Waals surface area contributed by atoms with Gasteiger partial charge in [0.1, 0.15) is 0 Å². The van der Waals surface area contributed by atoms with E-state index in [-0.39, 0.29) is 6.61 Å². The van der Waals surface area contributed by atoms with Crippen LogP contribution in [-0.2, 0) is 13.0 Å². The van der Waals surface area contributed by atoms with E-state index in [9.17, 15) is 0 Å². The van der Waals surface area contributed by atoms with Gasteiger partial charge < -0.3 is 9.84 Å². The smallest absolute Gasteiger partial charge is 0.213 e. The second-order valence-electron chi connectivity index (χ2n) is 4.94. The fourth-order valence-corrected chi connectivity index (χ4v) is 2.56. The summed E-state index contributed by atoms with van der Waals surface area (Å²) in [6, 6.07) is 11.7. The Kier molecular flexibility index (Phi) is 4.65. The number of benzene rings is 1. The summed E-state index contributed by atoms with van der Waals surface area (Å²) in [5.74, 6) is 0.531. The molecule has 0 saturated heterocycles. The summed E-state index contributed by atoms with van der Waals surface area (Å²) in [6.07, 6.45) is 4.26. The van der Waals surface area contributed by atoms with Gasteiger partial charge in [-0.1, -0.05) is 15.9 Å². The molecule has 0 radical (unpaired) electrons. The van der Waals surface area contributed by atoms with E-state index < -0.39 is 0 Å². The molecule has 0 bridgehead atoms. The lowest BCUT2D eigenvalue weighted by atomic mass is 10.1. The Labute approximate surface area is 136 Å². The van der Waals surface area contributed by atoms with Gasteiger partial charge >= 0.3 is 0 Å². The Balaban J connectivity index is 1.66. The molecule has 0 aliphatic rings. The number of aliphatic hydroxyl groups is 1. The van der Waals surface area contributed by atoms with Gasteiger partial charge in [-0.2, -0.15) is 0 Å². The third-order valence-corrected chi connectivity index (χ3v) is 3.82. The highest BCUT2D eigenvalue weighted by Gasteiger charge is 2.01. The van der Waals surface area contributed by atoms with Crippen molar-refractivity contribution in [1.29, 1.82) is 0 Å². The first-order chi connectivity index (χ1) is 10.7. The fraction of sp³-hybridized carbons (Fsp3) is 0.176. The molecule has 22 heavy (non-hydrogen) atoms. The maximum Gasteiger partial charge on any atom is 0.213 e. The van der Waals surface area contributed by atoms with E-state index in [0.29, 0.717) is 12.5 Å². The number of aromatic nitrogens is 2. The molecule has 1 aromatic carbocycles. The first-order valence-electron chi connectivity index (χ1n) is 6.97. The molecule has 112 valence electrons. The molecular weight excluding hydrogens is 344 g/mol. The number of ether oxygens (including phenoxy) is 1. The number of rotatable bonds is 5. The third-order valence-electron chi connectivity index (χ3n) is 3.32. The Morgan fingerprint density at radius 3 is 2.82 bits per heavy atom. The molecule has 0 spiro atoms. The zero-order chi connectivity index (χ0) is 15.4. The van der Waals surface area contributed by atoms with Crippen LogP contribution in [0, 0.1) is 0 Å². The monoisotopic (exact) mass is 358 g/mol. The normalized spacial score (nSPS) is 10.8. The lowest BCUT2D eigenvalue weighted by Gasteiger charge is -2.07. The van der Waals surface area contributed by atoms with Crippen LogP contribution in [0.2, 0.25) is 0 Å². The van der Waals surface area contributed by atoms with Gasteiger partial charge in [0.2, 0.25) is 5.88 Å². The fourth-order valence-electron chi connectivity index (χ4n) is 2.19. The lowest BCUT2D eigenvalue weighted by Crippen LogP contribution is -2.03. The molecular formula is C17H15BrN2O2. The van der Waals surface area contributed by atoms with Crippen LogP contribution in [0.25, 0.3) is 10.9 Å². The average molecular weight is 359 g/mol. The summed E-state index contributed by atoms with van der Waals surface area (Å²) in [5.41, 5.74) is 2.89. The third kappa shape index (κ3) is 3.61. The molecule has 0 atom stereocenters. The maximum atomic E-state index is 9.09. The van der Waals surface area contributed by atoms with Crippen LogP contribution in [0.15, 0.2) is 53.3 Å². The largest absolute Gasteiger partial charge is 0.477 e. The van der Waals surface area contributed by atoms with E-state index in [1.165, 1.54) is 0 Å². The minimum atomic E-state index is -0.0116. The van der Waals surface area contributed by atoms with Crippen LogP contribution in [0.1, 0.15) is 11.1 Å². The van der Waals surface area contributed by atoms with E-state index in [4.69, 9.17) is 9.84 Å². The molecule has 5 heteroatoms. The molecule has 0 amide bonds. The van der Waals surface area contributed by atoms with Crippen LogP contribution in [-0.4, -0.2) is 21.7 Å². The average Bonchev–Trinajstić information content (AvgIpc) is 2.54. The minimum absolute atomic E-state index is 0.0116. The highest BCUT2D eigenvalue weighted by molar-refractivity contribution is 9.10. The summed E-state index contributed by atoms with van der Waals surface area (Å²) >= 11 is 3.47. The van der Waals surface area contributed by atoms with Crippen LogP contribution in [0.5, 0.6) is 5.88 Å². The standard InChI is InChI=1S/C17H15BrN2O2/c18-15-1-2-16-14(9-15)7-12(10-20-16)4-6-22-17-8-13(11-21)3-5-19-17/h1-3,5,7-10,21H,4,6,11H2. The second kappa shape index (κ2) is 6.85. The molecule has 0 saturated carbocycles. The molecule has 4 nitrogen and oxygen atoms in total. The van der Waals surface area contributed by atoms with Gasteiger partial charge in [0.15, 0.2) is 0 Å². The highest BCUT2D eigenvalue weighted by atomic mass is 79.9. The SMILES string of the molecule is OCc1ccnc(OCCc2cnc3ccc(Br)cc3c2)c1. The van der Waals surface area contributed by atoms with Gasteiger partial charge in [0.05, 0.1) is 18.7 Å². The first kappa shape index (κ1) is 14.9. The number of nitrogens with zero attached hydrogens (tertiary/aromatic N) is 2. The number of hydrogen-bond acceptors (Lipinski definition) is 4. The van der Waals surface area contributed by atoms with Gasteiger partial charge in [-0.3, -0.25) is 4.98 Å². The van der Waals surface area contributed by atoms with E-state index in [1.807, 2.05) is 18.3 Å². The van der Waals surface area contributed by atoms with Crippen molar-refractivity contribution in [3.05, 3.63) is 64.4 Å². The molecule has 0 fully saturated rings. The van der Waals surface area contributed by atoms with Gasteiger partial charge in [-0.25, -0.2) is 4.98 Å². The number of halogens is 1. The van der Waals surface area contributed by atoms with Gasteiger partial charge in [-0.15, -0.1) is 0 Å². The van der Waals surface area contributed by atoms with Crippen molar-refractivity contribution >= 4 is 26.8 Å². The zero-order valence-electron chi connectivity index (χ0n) is 11.9. The van der Waals surface area contributed by atoms with Crippen molar-refractivity contribution in [2.45, 2.75) is 13.0 Å². The summed E-state index contributed by atoms with van der Waals surface area (Å²) in [4.78, 5) is 8.58. The van der Waals surface area contributed by atoms with Gasteiger partial charge in [0.25, 0.3) is 0 Å². The Morgan fingerprint density at radius 2 is 1.95 bits per heavy atom. The predicted molar refractivity (Wildman–Crippen MR) is 88.8 cm³/mol. The second-order valence-corrected chi connectivity index (χ2v) is 5.86. The van der Waals surface area contributed by atoms with E-state index >= 15 is 0 Å². The summed E-state index contributed by atoms with van der Waals surface area (Å²) < 4.78 is 6.67. The first-order valence-corrected chi connectivity index (χ1v) is 7.77. The molecule has 2 aromatic heterocycles. The summed E-state index contributed by atoms with van der Waals surface area (Å²) in [7, 11) is 0. The van der Waals surface area contributed by atoms with Crippen LogP contribution < -0.4 is 4.74 Å². The molecule has 1 N–H and O–H groups in total. The van der Waals surface area contributed by atoms with Crippen LogP contribution in [0.3, 0.4) is 0 Å². The minimum Gasteiger partial charge on any atom is -0.477 e. The Hall–Kier alpha value is -1.98. The van der Waals surface area contributed by atoms with Crippen molar-refractivity contribution in [2.24, 2.45) is 0 Å². The van der Waals surface area contributed by atoms with Gasteiger partial charge in [0, 0.05) is 34.7 Å². The number of fused-ring (bicyclic) bond motifs is 1. The topological polar surface area (TPSA) is 55.2 Å². The maximum absolute atomic E-state index is 9.09. The van der Waals surface area contributed by atoms with E-state index in [0.717, 1.165) is 32.9 Å². The summed E-state index contributed by atoms with van der Waals surface area (Å²) in [6.45, 7) is 0.505. The number of aliphatic hydroxyl groups excluding tert-OH is 1. The highest BCUT2D eigenvalue weighted by Crippen LogP contribution is 2.19. The van der Waals surface area contributed by atoms with Crippen LogP contribution in [0.4, 0.5) is 0 Å². The molecule has 0 aliphatic carbocycles. The number of hydrogen-bond donors (Lipinski definition) is 1. The molecule has 0 unspecified atom stereocenters. The van der Waals surface area contributed by atoms with E-state index in [1.54, 1.807) is 18.3 Å². The van der Waals surface area contributed by atoms with Crippen molar-refractivity contribution < 1.29 is 9.84 Å².